The molecule has 0 spiro atoms. The third-order valence-electron chi connectivity index (χ3n) is 5.77. The van der Waals surface area contributed by atoms with Gasteiger partial charge < -0.3 is 15.1 Å². The highest BCUT2D eigenvalue weighted by Crippen LogP contribution is 2.32. The van der Waals surface area contributed by atoms with Crippen LogP contribution in [0.15, 0.2) is 24.3 Å². The Balaban J connectivity index is 1.96. The Bertz CT molecular complexity index is 969. The van der Waals surface area contributed by atoms with Crippen molar-refractivity contribution in [3.63, 3.8) is 0 Å². The summed E-state index contributed by atoms with van der Waals surface area (Å²) in [4.78, 5) is 25.7. The van der Waals surface area contributed by atoms with Crippen molar-refractivity contribution in [2.24, 2.45) is 0 Å². The summed E-state index contributed by atoms with van der Waals surface area (Å²) in [6, 6.07) is 5.36. The zero-order valence-electron chi connectivity index (χ0n) is 19.7. The van der Waals surface area contributed by atoms with E-state index >= 15 is 0 Å². The average molecular weight is 464 g/mol. The lowest BCUT2D eigenvalue weighted by atomic mass is 9.99. The lowest BCUT2D eigenvalue weighted by Crippen LogP contribution is -2.52. The van der Waals surface area contributed by atoms with E-state index in [1.54, 1.807) is 11.0 Å². The highest BCUT2D eigenvalue weighted by atomic mass is 19.4. The van der Waals surface area contributed by atoms with Gasteiger partial charge in [0.05, 0.1) is 5.56 Å². The molecule has 2 heterocycles. The molecule has 2 aromatic rings. The molecule has 0 aliphatic carbocycles. The minimum Gasteiger partial charge on any atom is -0.353 e. The molecule has 1 N–H and O–H groups in total. The van der Waals surface area contributed by atoms with Gasteiger partial charge in [-0.1, -0.05) is 39.0 Å². The molecule has 3 rings (SSSR count). The minimum atomic E-state index is -4.39. The molecule has 0 atom stereocenters. The molecule has 1 aliphatic heterocycles. The first-order chi connectivity index (χ1) is 15.6. The van der Waals surface area contributed by atoms with E-state index in [-0.39, 0.29) is 11.9 Å². The maximum absolute atomic E-state index is 13.3. The quantitative estimate of drug-likeness (QED) is 0.679. The molecule has 0 unspecified atom stereocenters. The Morgan fingerprint density at radius 1 is 1.12 bits per heavy atom. The van der Waals surface area contributed by atoms with Crippen molar-refractivity contribution in [3.8, 4) is 0 Å². The summed E-state index contributed by atoms with van der Waals surface area (Å²) in [5.41, 5.74) is 1.62. The topological polar surface area (TPSA) is 61.4 Å². The van der Waals surface area contributed by atoms with E-state index in [4.69, 9.17) is 9.97 Å². The Morgan fingerprint density at radius 2 is 1.82 bits per heavy atom. The molecule has 180 valence electrons. The standard InChI is InChI=1S/C24H32F3N5O/c1-5-20-19(15-17-8-7-9-18(14-17)24(25,26)27)22(30-21(29-20)16(3)4)31-10-12-32(13-11-31)23(33)28-6-2/h7-9,14,16H,5-6,10-13,15H2,1-4H3,(H,28,33). The van der Waals surface area contributed by atoms with Crippen LogP contribution < -0.4 is 10.2 Å². The van der Waals surface area contributed by atoms with Crippen LogP contribution in [0.1, 0.15) is 61.8 Å². The highest BCUT2D eigenvalue weighted by Gasteiger charge is 2.31. The van der Waals surface area contributed by atoms with Gasteiger partial charge in [-0.05, 0) is 25.0 Å². The van der Waals surface area contributed by atoms with Crippen LogP contribution in [0.2, 0.25) is 0 Å². The Kier molecular flexibility index (Phi) is 7.81. The number of rotatable bonds is 6. The number of aromatic nitrogens is 2. The van der Waals surface area contributed by atoms with Gasteiger partial charge in [0.25, 0.3) is 0 Å². The van der Waals surface area contributed by atoms with E-state index in [0.717, 1.165) is 29.0 Å². The van der Waals surface area contributed by atoms with Crippen molar-refractivity contribution in [2.45, 2.75) is 52.6 Å². The lowest BCUT2D eigenvalue weighted by molar-refractivity contribution is -0.137. The van der Waals surface area contributed by atoms with Crippen LogP contribution in [0.3, 0.4) is 0 Å². The van der Waals surface area contributed by atoms with Crippen LogP contribution in [-0.4, -0.2) is 53.6 Å². The number of hydrogen-bond donors (Lipinski definition) is 1. The molecule has 2 amide bonds. The van der Waals surface area contributed by atoms with Gasteiger partial charge in [0, 0.05) is 56.3 Å². The number of aryl methyl sites for hydroxylation is 1. The van der Waals surface area contributed by atoms with Crippen molar-refractivity contribution >= 4 is 11.8 Å². The maximum Gasteiger partial charge on any atom is 0.416 e. The van der Waals surface area contributed by atoms with Gasteiger partial charge >= 0.3 is 12.2 Å². The van der Waals surface area contributed by atoms with Crippen molar-refractivity contribution < 1.29 is 18.0 Å². The third kappa shape index (κ3) is 5.94. The summed E-state index contributed by atoms with van der Waals surface area (Å²) in [7, 11) is 0. The fraction of sp³-hybridized carbons (Fsp3) is 0.542. The van der Waals surface area contributed by atoms with Crippen molar-refractivity contribution in [1.82, 2.24) is 20.2 Å². The molecule has 1 aromatic carbocycles. The summed E-state index contributed by atoms with van der Waals surface area (Å²) < 4.78 is 39.8. The number of anilines is 1. The summed E-state index contributed by atoms with van der Waals surface area (Å²) in [5.74, 6) is 1.60. The van der Waals surface area contributed by atoms with E-state index in [9.17, 15) is 18.0 Å². The first-order valence-electron chi connectivity index (χ1n) is 11.5. The predicted molar refractivity (Wildman–Crippen MR) is 123 cm³/mol. The normalized spacial score (nSPS) is 14.7. The van der Waals surface area contributed by atoms with Gasteiger partial charge in [0.15, 0.2) is 0 Å². The van der Waals surface area contributed by atoms with Crippen LogP contribution in [0.5, 0.6) is 0 Å². The number of carbonyl (C=O) groups excluding carboxylic acids is 1. The molecular weight excluding hydrogens is 431 g/mol. The van der Waals surface area contributed by atoms with E-state index < -0.39 is 11.7 Å². The molecule has 9 heteroatoms. The van der Waals surface area contributed by atoms with Gasteiger partial charge in [-0.15, -0.1) is 0 Å². The Morgan fingerprint density at radius 3 is 2.39 bits per heavy atom. The number of amides is 2. The summed E-state index contributed by atoms with van der Waals surface area (Å²) in [5, 5.41) is 2.82. The van der Waals surface area contributed by atoms with E-state index in [2.05, 4.69) is 10.2 Å². The first-order valence-corrected chi connectivity index (χ1v) is 11.5. The van der Waals surface area contributed by atoms with Gasteiger partial charge in [-0.2, -0.15) is 13.2 Å². The third-order valence-corrected chi connectivity index (χ3v) is 5.77. The number of benzene rings is 1. The second-order valence-corrected chi connectivity index (χ2v) is 8.52. The van der Waals surface area contributed by atoms with Crippen LogP contribution in [0.4, 0.5) is 23.8 Å². The van der Waals surface area contributed by atoms with E-state index in [1.807, 2.05) is 27.7 Å². The number of nitrogens with zero attached hydrogens (tertiary/aromatic N) is 4. The predicted octanol–water partition coefficient (Wildman–Crippen LogP) is 4.62. The molecule has 1 aromatic heterocycles. The van der Waals surface area contributed by atoms with E-state index in [0.29, 0.717) is 51.1 Å². The number of carbonyl (C=O) groups is 1. The van der Waals surface area contributed by atoms with E-state index in [1.165, 1.54) is 12.1 Å². The number of alkyl halides is 3. The number of piperazine rings is 1. The van der Waals surface area contributed by atoms with Crippen LogP contribution >= 0.6 is 0 Å². The SMILES string of the molecule is CCNC(=O)N1CCN(c2nc(C(C)C)nc(CC)c2Cc2cccc(C(F)(F)F)c2)CC1. The summed E-state index contributed by atoms with van der Waals surface area (Å²) >= 11 is 0. The zero-order chi connectivity index (χ0) is 24.2. The molecule has 6 nitrogen and oxygen atoms in total. The molecule has 0 bridgehead atoms. The zero-order valence-corrected chi connectivity index (χ0v) is 19.7. The van der Waals surface area contributed by atoms with Gasteiger partial charge in [-0.3, -0.25) is 0 Å². The Labute approximate surface area is 193 Å². The second kappa shape index (κ2) is 10.4. The highest BCUT2D eigenvalue weighted by molar-refractivity contribution is 5.74. The van der Waals surface area contributed by atoms with Gasteiger partial charge in [-0.25, -0.2) is 14.8 Å². The lowest BCUT2D eigenvalue weighted by Gasteiger charge is -2.36. The van der Waals surface area contributed by atoms with Crippen LogP contribution in [-0.2, 0) is 19.0 Å². The average Bonchev–Trinajstić information content (AvgIpc) is 2.79. The van der Waals surface area contributed by atoms with Gasteiger partial charge in [0.2, 0.25) is 0 Å². The fourth-order valence-electron chi connectivity index (χ4n) is 3.98. The number of halogens is 3. The van der Waals surface area contributed by atoms with Crippen LogP contribution in [0.25, 0.3) is 0 Å². The fourth-order valence-corrected chi connectivity index (χ4v) is 3.98. The molecular formula is C24H32F3N5O. The largest absolute Gasteiger partial charge is 0.416 e. The molecule has 1 aliphatic rings. The first kappa shape index (κ1) is 24.8. The molecule has 1 fully saturated rings. The summed E-state index contributed by atoms with van der Waals surface area (Å²) in [6.45, 7) is 10.8. The molecule has 0 radical (unpaired) electrons. The van der Waals surface area contributed by atoms with Crippen molar-refractivity contribution in [1.29, 1.82) is 0 Å². The van der Waals surface area contributed by atoms with Crippen LogP contribution in [0, 0.1) is 0 Å². The van der Waals surface area contributed by atoms with Gasteiger partial charge in [0.1, 0.15) is 11.6 Å². The monoisotopic (exact) mass is 463 g/mol. The Hall–Kier alpha value is -2.84. The molecule has 1 saturated heterocycles. The number of nitrogens with one attached hydrogen (secondary N) is 1. The smallest absolute Gasteiger partial charge is 0.353 e. The maximum atomic E-state index is 13.3. The number of urea groups is 1. The van der Waals surface area contributed by atoms with Crippen molar-refractivity contribution in [3.05, 3.63) is 52.5 Å². The van der Waals surface area contributed by atoms with Crippen molar-refractivity contribution in [2.75, 3.05) is 37.6 Å². The summed E-state index contributed by atoms with van der Waals surface area (Å²) in [6.07, 6.45) is -3.42. The number of hydrogen-bond acceptors (Lipinski definition) is 4. The second-order valence-electron chi connectivity index (χ2n) is 8.52. The molecule has 33 heavy (non-hydrogen) atoms. The minimum absolute atomic E-state index is 0.0823. The molecule has 0 saturated carbocycles.